The molecule has 0 aromatic carbocycles. The van der Waals surface area contributed by atoms with Crippen LogP contribution in [0.25, 0.3) is 0 Å². The van der Waals surface area contributed by atoms with Crippen LogP contribution in [0.5, 0.6) is 5.75 Å². The first-order chi connectivity index (χ1) is 9.02. The first-order valence-corrected chi connectivity index (χ1v) is 7.71. The van der Waals surface area contributed by atoms with Gasteiger partial charge in [0.2, 0.25) is 0 Å². The van der Waals surface area contributed by atoms with E-state index < -0.39 is 0 Å². The number of rotatable bonds is 4. The van der Waals surface area contributed by atoms with Gasteiger partial charge in [-0.15, -0.1) is 0 Å². The van der Waals surface area contributed by atoms with Gasteiger partial charge in [-0.3, -0.25) is 4.90 Å². The summed E-state index contributed by atoms with van der Waals surface area (Å²) in [7, 11) is 0. The van der Waals surface area contributed by atoms with Crippen LogP contribution in [0.15, 0.2) is 0 Å². The summed E-state index contributed by atoms with van der Waals surface area (Å²) in [6, 6.07) is 0.550. The molecule has 2 N–H and O–H groups in total. The molecule has 19 heavy (non-hydrogen) atoms. The number of nitrogen functional groups attached to an aromatic ring is 1. The monoisotopic (exact) mass is 284 g/mol. The van der Waals surface area contributed by atoms with Gasteiger partial charge >= 0.3 is 0 Å². The van der Waals surface area contributed by atoms with Crippen LogP contribution in [0, 0.1) is 0 Å². The van der Waals surface area contributed by atoms with E-state index >= 15 is 0 Å². The van der Waals surface area contributed by atoms with Crippen molar-refractivity contribution >= 4 is 22.4 Å². The van der Waals surface area contributed by atoms with E-state index in [2.05, 4.69) is 28.0 Å². The molecule has 1 aliphatic rings. The van der Waals surface area contributed by atoms with Crippen LogP contribution >= 0.6 is 11.5 Å². The molecule has 1 fully saturated rings. The fourth-order valence-corrected chi connectivity index (χ4v) is 3.27. The third-order valence-electron chi connectivity index (χ3n) is 3.47. The summed E-state index contributed by atoms with van der Waals surface area (Å²) in [6.07, 6.45) is 0.117. The van der Waals surface area contributed by atoms with E-state index in [0.717, 1.165) is 36.9 Å². The molecule has 1 atom stereocenters. The fourth-order valence-electron chi connectivity index (χ4n) is 2.48. The molecule has 0 saturated carbocycles. The van der Waals surface area contributed by atoms with E-state index in [9.17, 15) is 0 Å². The highest BCUT2D eigenvalue weighted by Crippen LogP contribution is 2.39. The highest BCUT2D eigenvalue weighted by molar-refractivity contribution is 7.11. The van der Waals surface area contributed by atoms with Crippen LogP contribution in [-0.2, 0) is 0 Å². The van der Waals surface area contributed by atoms with Crippen LogP contribution in [0.4, 0.5) is 10.8 Å². The van der Waals surface area contributed by atoms with Gasteiger partial charge in [-0.25, -0.2) is 0 Å². The topological polar surface area (TPSA) is 54.6 Å². The zero-order chi connectivity index (χ0) is 14.0. The first-order valence-electron chi connectivity index (χ1n) is 6.93. The molecule has 1 saturated heterocycles. The molecule has 108 valence electrons. The molecule has 0 radical (unpaired) electrons. The summed E-state index contributed by atoms with van der Waals surface area (Å²) >= 11 is 1.44. The molecule has 2 rings (SSSR count). The summed E-state index contributed by atoms with van der Waals surface area (Å²) in [5.41, 5.74) is 5.92. The highest BCUT2D eigenvalue weighted by Gasteiger charge is 2.27. The summed E-state index contributed by atoms with van der Waals surface area (Å²) < 4.78 is 10.1. The molecular weight excluding hydrogens is 260 g/mol. The van der Waals surface area contributed by atoms with Crippen molar-refractivity contribution < 1.29 is 4.74 Å². The van der Waals surface area contributed by atoms with Gasteiger partial charge in [-0.2, -0.15) is 4.37 Å². The van der Waals surface area contributed by atoms with Crippen molar-refractivity contribution in [2.45, 2.75) is 39.8 Å². The molecule has 6 heteroatoms. The zero-order valence-corrected chi connectivity index (χ0v) is 13.0. The molecule has 0 spiro atoms. The minimum Gasteiger partial charge on any atom is -0.484 e. The zero-order valence-electron chi connectivity index (χ0n) is 12.2. The Kier molecular flexibility index (Phi) is 4.52. The second-order valence-electron chi connectivity index (χ2n) is 5.29. The average Bonchev–Trinajstić information content (AvgIpc) is 2.70. The minimum absolute atomic E-state index is 0.117. The number of nitrogens with two attached hydrogens (primary N) is 1. The number of hydrogen-bond donors (Lipinski definition) is 1. The van der Waals surface area contributed by atoms with Gasteiger partial charge in [0.25, 0.3) is 0 Å². The number of likely N-dealkylation sites (N-methyl/N-ethyl adjacent to an activating group) is 1. The number of nitrogens with zero attached hydrogens (tertiary/aromatic N) is 3. The van der Waals surface area contributed by atoms with Crippen molar-refractivity contribution in [3.8, 4) is 5.75 Å². The quantitative estimate of drug-likeness (QED) is 0.917. The average molecular weight is 284 g/mol. The first kappa shape index (κ1) is 14.4. The van der Waals surface area contributed by atoms with Crippen molar-refractivity contribution in [3.05, 3.63) is 0 Å². The standard InChI is InChI=1S/C13H24N4OS/c1-5-16-6-7-17(8-10(16)4)13-11(18-9(2)3)12(14)15-19-13/h9-10H,5-8H2,1-4H3,(H2,14,15). The maximum Gasteiger partial charge on any atom is 0.198 e. The van der Waals surface area contributed by atoms with E-state index in [4.69, 9.17) is 10.5 Å². The summed E-state index contributed by atoms with van der Waals surface area (Å²) in [6.45, 7) is 12.7. The maximum atomic E-state index is 5.92. The lowest BCUT2D eigenvalue weighted by molar-refractivity contribution is 0.198. The number of hydrogen-bond acceptors (Lipinski definition) is 6. The molecule has 2 heterocycles. The van der Waals surface area contributed by atoms with Gasteiger partial charge in [0, 0.05) is 25.7 Å². The lowest BCUT2D eigenvalue weighted by Crippen LogP contribution is -2.51. The largest absolute Gasteiger partial charge is 0.484 e. The molecule has 0 bridgehead atoms. The smallest absolute Gasteiger partial charge is 0.198 e. The SMILES string of the molecule is CCN1CCN(c2snc(N)c2OC(C)C)CC1C. The van der Waals surface area contributed by atoms with Crippen molar-refractivity contribution in [2.24, 2.45) is 0 Å². The van der Waals surface area contributed by atoms with Gasteiger partial charge in [0.15, 0.2) is 16.6 Å². The predicted octanol–water partition coefficient (Wildman–Crippen LogP) is 2.04. The lowest BCUT2D eigenvalue weighted by atomic mass is 10.2. The van der Waals surface area contributed by atoms with E-state index in [1.807, 2.05) is 13.8 Å². The molecule has 1 aliphatic heterocycles. The Bertz CT molecular complexity index is 421. The summed E-state index contributed by atoms with van der Waals surface area (Å²) in [5.74, 6) is 1.27. The molecule has 5 nitrogen and oxygen atoms in total. The van der Waals surface area contributed by atoms with Gasteiger partial charge in [0.1, 0.15) is 0 Å². The van der Waals surface area contributed by atoms with Crippen molar-refractivity contribution in [1.82, 2.24) is 9.27 Å². The number of piperazine rings is 1. The third-order valence-corrected chi connectivity index (χ3v) is 4.37. The second kappa shape index (κ2) is 5.96. The van der Waals surface area contributed by atoms with Crippen LogP contribution in [-0.4, -0.2) is 47.6 Å². The second-order valence-corrected chi connectivity index (χ2v) is 6.04. The molecule has 0 aliphatic carbocycles. The van der Waals surface area contributed by atoms with E-state index in [1.54, 1.807) is 0 Å². The Morgan fingerprint density at radius 2 is 2.21 bits per heavy atom. The fraction of sp³-hybridized carbons (Fsp3) is 0.769. The highest BCUT2D eigenvalue weighted by atomic mass is 32.1. The van der Waals surface area contributed by atoms with Gasteiger partial charge < -0.3 is 15.4 Å². The Morgan fingerprint density at radius 1 is 1.47 bits per heavy atom. The molecule has 0 amide bonds. The predicted molar refractivity (Wildman–Crippen MR) is 81.2 cm³/mol. The van der Waals surface area contributed by atoms with Gasteiger partial charge in [-0.1, -0.05) is 6.92 Å². The van der Waals surface area contributed by atoms with Gasteiger partial charge in [-0.05, 0) is 38.8 Å². The minimum atomic E-state index is 0.117. The van der Waals surface area contributed by atoms with E-state index in [-0.39, 0.29) is 6.10 Å². The van der Waals surface area contributed by atoms with E-state index in [1.165, 1.54) is 11.5 Å². The number of anilines is 2. The Hall–Kier alpha value is -1.01. The number of aromatic nitrogens is 1. The van der Waals surface area contributed by atoms with Crippen LogP contribution in [0.1, 0.15) is 27.7 Å². The van der Waals surface area contributed by atoms with Crippen molar-refractivity contribution in [1.29, 1.82) is 0 Å². The normalized spacial score (nSPS) is 21.1. The Morgan fingerprint density at radius 3 is 2.79 bits per heavy atom. The molecule has 1 aromatic rings. The van der Waals surface area contributed by atoms with Crippen LogP contribution in [0.2, 0.25) is 0 Å². The molecular formula is C13H24N4OS. The van der Waals surface area contributed by atoms with Crippen LogP contribution in [0.3, 0.4) is 0 Å². The maximum absolute atomic E-state index is 5.92. The van der Waals surface area contributed by atoms with Gasteiger partial charge in [0.05, 0.1) is 6.10 Å². The lowest BCUT2D eigenvalue weighted by Gasteiger charge is -2.39. The molecule has 1 aromatic heterocycles. The Labute approximate surface area is 119 Å². The Balaban J connectivity index is 2.14. The molecule has 1 unspecified atom stereocenters. The summed E-state index contributed by atoms with van der Waals surface area (Å²) in [5, 5.41) is 1.08. The number of ether oxygens (including phenoxy) is 1. The van der Waals surface area contributed by atoms with Crippen molar-refractivity contribution in [3.63, 3.8) is 0 Å². The van der Waals surface area contributed by atoms with E-state index in [0.29, 0.717) is 11.9 Å². The van der Waals surface area contributed by atoms with Crippen molar-refractivity contribution in [2.75, 3.05) is 36.8 Å². The summed E-state index contributed by atoms with van der Waals surface area (Å²) in [4.78, 5) is 4.84. The third kappa shape index (κ3) is 3.12. The van der Waals surface area contributed by atoms with Crippen LogP contribution < -0.4 is 15.4 Å².